The van der Waals surface area contributed by atoms with E-state index < -0.39 is 11.6 Å². The first-order valence-electron chi connectivity index (χ1n) is 5.74. The van der Waals surface area contributed by atoms with E-state index in [0.717, 1.165) is 0 Å². The van der Waals surface area contributed by atoms with Crippen molar-refractivity contribution in [1.29, 1.82) is 10.8 Å². The molecule has 0 fully saturated rings. The number of fused-ring (bicyclic) bond motifs is 2. The normalized spacial score (nSPS) is 12.1. The third-order valence-corrected chi connectivity index (χ3v) is 3.24. The molecule has 0 amide bonds. The number of carbonyl (C=O) groups is 2. The Hall–Kier alpha value is -3.38. The van der Waals surface area contributed by atoms with Gasteiger partial charge in [-0.05, 0) is 12.1 Å². The molecular weight excluding hydrogens is 256 g/mol. The minimum absolute atomic E-state index is 0.0397. The Kier molecular flexibility index (Phi) is 2.38. The van der Waals surface area contributed by atoms with E-state index >= 15 is 0 Å². The highest BCUT2D eigenvalue weighted by atomic mass is 16.1. The van der Waals surface area contributed by atoms with Gasteiger partial charge in [0, 0.05) is 23.3 Å². The van der Waals surface area contributed by atoms with E-state index in [0.29, 0.717) is 0 Å². The smallest absolute Gasteiger partial charge is 0.288 e. The molecule has 0 unspecified atom stereocenters. The number of hydrogen-bond donors (Lipinski definition) is 0. The summed E-state index contributed by atoms with van der Waals surface area (Å²) in [7, 11) is 0. The van der Waals surface area contributed by atoms with Gasteiger partial charge in [-0.3, -0.25) is 9.59 Å². The molecule has 2 aromatic rings. The SMILES string of the molecule is N#[N+]c1cccc2c1C(=O)c1cccc([N+]#N)c1C2=O. The predicted octanol–water partition coefficient (Wildman–Crippen LogP) is 3.43. The zero-order valence-corrected chi connectivity index (χ0v) is 10.1. The van der Waals surface area contributed by atoms with Crippen molar-refractivity contribution in [2.75, 3.05) is 0 Å². The van der Waals surface area contributed by atoms with Gasteiger partial charge in [0.15, 0.2) is 9.95 Å². The third-order valence-electron chi connectivity index (χ3n) is 3.24. The third kappa shape index (κ3) is 1.36. The van der Waals surface area contributed by atoms with E-state index in [-0.39, 0.29) is 33.6 Å². The lowest BCUT2D eigenvalue weighted by atomic mass is 9.82. The first kappa shape index (κ1) is 11.7. The molecule has 6 heteroatoms. The number of diazo groups is 2. The summed E-state index contributed by atoms with van der Waals surface area (Å²) in [4.78, 5) is 31.0. The maximum absolute atomic E-state index is 12.5. The highest BCUT2D eigenvalue weighted by Gasteiger charge is 2.40. The van der Waals surface area contributed by atoms with Crippen LogP contribution in [0.1, 0.15) is 31.8 Å². The number of benzene rings is 2. The highest BCUT2D eigenvalue weighted by molar-refractivity contribution is 6.31. The van der Waals surface area contributed by atoms with E-state index in [1.54, 1.807) is 0 Å². The Morgan fingerprint density at radius 3 is 1.45 bits per heavy atom. The average Bonchev–Trinajstić information content (AvgIpc) is 2.50. The Balaban J connectivity index is 2.41. The van der Waals surface area contributed by atoms with Crippen LogP contribution in [0.5, 0.6) is 0 Å². The van der Waals surface area contributed by atoms with Crippen LogP contribution in [0.2, 0.25) is 0 Å². The lowest BCUT2D eigenvalue weighted by Gasteiger charge is -2.13. The summed E-state index contributed by atoms with van der Waals surface area (Å²) >= 11 is 0. The van der Waals surface area contributed by atoms with Crippen LogP contribution in [0.15, 0.2) is 36.4 Å². The van der Waals surface area contributed by atoms with Gasteiger partial charge in [0.05, 0.1) is 0 Å². The molecule has 1 aliphatic carbocycles. The van der Waals surface area contributed by atoms with Crippen LogP contribution in [-0.2, 0) is 0 Å². The molecule has 0 saturated heterocycles. The zero-order chi connectivity index (χ0) is 14.3. The molecule has 6 nitrogen and oxygen atoms in total. The van der Waals surface area contributed by atoms with Crippen LogP contribution in [-0.4, -0.2) is 11.6 Å². The van der Waals surface area contributed by atoms with Crippen molar-refractivity contribution in [2.24, 2.45) is 0 Å². The summed E-state index contributed by atoms with van der Waals surface area (Å²) in [6.45, 7) is 0. The number of nitrogens with zero attached hydrogens (tertiary/aromatic N) is 4. The topological polar surface area (TPSA) is 90.4 Å². The molecular formula is C14H6N4O2+2. The quantitative estimate of drug-likeness (QED) is 0.580. The van der Waals surface area contributed by atoms with Gasteiger partial charge in [-0.2, -0.15) is 0 Å². The minimum atomic E-state index is -0.437. The standard InChI is InChI=1S/C14H6N4O2/c15-17-9-5-1-3-7-11(9)14(20)8-4-2-6-10(18-16)12(8)13(7)19/h1-6H/q+2. The summed E-state index contributed by atoms with van der Waals surface area (Å²) in [5, 5.41) is 17.9. The van der Waals surface area contributed by atoms with Gasteiger partial charge in [0.25, 0.3) is 0 Å². The Morgan fingerprint density at radius 2 is 1.10 bits per heavy atom. The van der Waals surface area contributed by atoms with E-state index in [9.17, 15) is 9.59 Å². The zero-order valence-electron chi connectivity index (χ0n) is 10.1. The summed E-state index contributed by atoms with van der Waals surface area (Å²) in [5.74, 6) is -0.873. The lowest BCUT2D eigenvalue weighted by molar-refractivity contribution is 0.0980. The van der Waals surface area contributed by atoms with Gasteiger partial charge >= 0.3 is 11.4 Å². The average molecular weight is 262 g/mol. The minimum Gasteiger partial charge on any atom is -0.288 e. The van der Waals surface area contributed by atoms with Crippen LogP contribution in [0.3, 0.4) is 0 Å². The number of carbonyl (C=O) groups excluding carboxylic acids is 2. The molecule has 2 aromatic carbocycles. The van der Waals surface area contributed by atoms with Crippen molar-refractivity contribution in [1.82, 2.24) is 0 Å². The highest BCUT2D eigenvalue weighted by Crippen LogP contribution is 2.36. The van der Waals surface area contributed by atoms with Gasteiger partial charge in [0.1, 0.15) is 11.1 Å². The van der Waals surface area contributed by atoms with Gasteiger partial charge in [-0.15, -0.1) is 0 Å². The molecule has 0 aromatic heterocycles. The lowest BCUT2D eigenvalue weighted by Crippen LogP contribution is -2.20. The molecule has 3 rings (SSSR count). The van der Waals surface area contributed by atoms with Crippen LogP contribution >= 0.6 is 0 Å². The second-order valence-corrected chi connectivity index (χ2v) is 4.26. The van der Waals surface area contributed by atoms with Crippen LogP contribution in [0.25, 0.3) is 9.95 Å². The van der Waals surface area contributed by atoms with E-state index in [4.69, 9.17) is 10.8 Å². The van der Waals surface area contributed by atoms with Crippen molar-refractivity contribution in [3.05, 3.63) is 68.6 Å². The number of ketones is 2. The molecule has 0 heterocycles. The summed E-state index contributed by atoms with van der Waals surface area (Å²) in [6.07, 6.45) is 0. The second kappa shape index (κ2) is 4.08. The monoisotopic (exact) mass is 262 g/mol. The number of hydrogen-bond acceptors (Lipinski definition) is 4. The van der Waals surface area contributed by atoms with Crippen LogP contribution in [0.4, 0.5) is 11.4 Å². The summed E-state index contributed by atoms with van der Waals surface area (Å²) in [6, 6.07) is 8.86. The summed E-state index contributed by atoms with van der Waals surface area (Å²) < 4.78 is 0. The number of rotatable bonds is 0. The summed E-state index contributed by atoms with van der Waals surface area (Å²) in [5.41, 5.74) is 0.462. The molecule has 0 saturated carbocycles. The Bertz CT molecular complexity index is 798. The fraction of sp³-hybridized carbons (Fsp3) is 0. The van der Waals surface area contributed by atoms with Crippen molar-refractivity contribution in [2.45, 2.75) is 0 Å². The predicted molar refractivity (Wildman–Crippen MR) is 69.2 cm³/mol. The molecule has 20 heavy (non-hydrogen) atoms. The van der Waals surface area contributed by atoms with Crippen LogP contribution in [0, 0.1) is 10.8 Å². The molecule has 92 valence electrons. The van der Waals surface area contributed by atoms with Gasteiger partial charge < -0.3 is 0 Å². The van der Waals surface area contributed by atoms with Gasteiger partial charge in [-0.1, -0.05) is 12.1 Å². The van der Waals surface area contributed by atoms with Crippen molar-refractivity contribution in [3.63, 3.8) is 0 Å². The Labute approximate surface area is 112 Å². The molecule has 0 bridgehead atoms. The van der Waals surface area contributed by atoms with E-state index in [2.05, 4.69) is 9.95 Å². The van der Waals surface area contributed by atoms with Crippen molar-refractivity contribution >= 4 is 22.9 Å². The first-order valence-corrected chi connectivity index (χ1v) is 5.74. The fourth-order valence-electron chi connectivity index (χ4n) is 2.37. The van der Waals surface area contributed by atoms with Crippen LogP contribution < -0.4 is 0 Å². The molecule has 1 aliphatic rings. The molecule has 0 spiro atoms. The molecule has 0 N–H and O–H groups in total. The fourth-order valence-corrected chi connectivity index (χ4v) is 2.37. The molecule has 0 atom stereocenters. The van der Waals surface area contributed by atoms with Gasteiger partial charge in [-0.25, -0.2) is 0 Å². The molecule has 0 radical (unpaired) electrons. The maximum Gasteiger partial charge on any atom is 0.396 e. The Morgan fingerprint density at radius 1 is 0.700 bits per heavy atom. The van der Waals surface area contributed by atoms with Crippen molar-refractivity contribution < 1.29 is 9.59 Å². The largest absolute Gasteiger partial charge is 0.396 e. The van der Waals surface area contributed by atoms with Gasteiger partial charge in [0.2, 0.25) is 22.4 Å². The first-order chi connectivity index (χ1) is 9.69. The van der Waals surface area contributed by atoms with E-state index in [1.165, 1.54) is 36.4 Å². The maximum atomic E-state index is 12.5. The van der Waals surface area contributed by atoms with E-state index in [1.807, 2.05) is 0 Å². The second-order valence-electron chi connectivity index (χ2n) is 4.26. The van der Waals surface area contributed by atoms with Crippen molar-refractivity contribution in [3.8, 4) is 0 Å². The molecule has 0 aliphatic heterocycles.